The van der Waals surface area contributed by atoms with Crippen molar-refractivity contribution < 1.29 is 14.3 Å². The second-order valence-corrected chi connectivity index (χ2v) is 7.59. The molecular formula is C22H25ClN2O3. The number of piperidine rings is 1. The molecule has 5 nitrogen and oxygen atoms in total. The standard InChI is InChI=1S/C22H25ClN2O3/c1-15-3-5-17(6-4-15)21(26)24-19-11-13-25(14-12-19)22(27)16(2)28-20-9-7-18(23)8-10-20/h3-10,16,19H,11-14H2,1-2H3,(H,24,26). The molecular weight excluding hydrogens is 376 g/mol. The summed E-state index contributed by atoms with van der Waals surface area (Å²) in [5.74, 6) is 0.507. The smallest absolute Gasteiger partial charge is 0.263 e. The van der Waals surface area contributed by atoms with Crippen LogP contribution in [0.25, 0.3) is 0 Å². The molecule has 2 aromatic rings. The first-order chi connectivity index (χ1) is 13.4. The summed E-state index contributed by atoms with van der Waals surface area (Å²) < 4.78 is 5.72. The number of likely N-dealkylation sites (tertiary alicyclic amines) is 1. The number of halogens is 1. The predicted octanol–water partition coefficient (Wildman–Crippen LogP) is 3.84. The molecule has 28 heavy (non-hydrogen) atoms. The highest BCUT2D eigenvalue weighted by Gasteiger charge is 2.27. The first-order valence-corrected chi connectivity index (χ1v) is 9.89. The average Bonchev–Trinajstić information content (AvgIpc) is 2.70. The lowest BCUT2D eigenvalue weighted by molar-refractivity contribution is -0.139. The Morgan fingerprint density at radius 1 is 1.07 bits per heavy atom. The number of nitrogens with one attached hydrogen (secondary N) is 1. The second kappa shape index (κ2) is 9.11. The van der Waals surface area contributed by atoms with Gasteiger partial charge < -0.3 is 15.0 Å². The zero-order valence-corrected chi connectivity index (χ0v) is 16.9. The lowest BCUT2D eigenvalue weighted by atomic mass is 10.0. The third kappa shape index (κ3) is 5.26. The zero-order valence-electron chi connectivity index (χ0n) is 16.2. The number of hydrogen-bond acceptors (Lipinski definition) is 3. The maximum absolute atomic E-state index is 12.6. The van der Waals surface area contributed by atoms with Crippen molar-refractivity contribution in [2.45, 2.75) is 38.8 Å². The molecule has 1 fully saturated rings. The van der Waals surface area contributed by atoms with Gasteiger partial charge in [-0.25, -0.2) is 0 Å². The molecule has 0 aromatic heterocycles. The van der Waals surface area contributed by atoms with Crippen LogP contribution in [0.1, 0.15) is 35.7 Å². The van der Waals surface area contributed by atoms with Gasteiger partial charge in [-0.15, -0.1) is 0 Å². The number of rotatable bonds is 5. The molecule has 0 aliphatic carbocycles. The fourth-order valence-corrected chi connectivity index (χ4v) is 3.37. The Hall–Kier alpha value is -2.53. The molecule has 1 unspecified atom stereocenters. The molecule has 3 rings (SSSR count). The molecule has 0 saturated carbocycles. The molecule has 2 amide bonds. The molecule has 1 N–H and O–H groups in total. The second-order valence-electron chi connectivity index (χ2n) is 7.15. The van der Waals surface area contributed by atoms with Crippen molar-refractivity contribution in [1.29, 1.82) is 0 Å². The fraction of sp³-hybridized carbons (Fsp3) is 0.364. The molecule has 6 heteroatoms. The molecule has 1 aliphatic rings. The van der Waals surface area contributed by atoms with Crippen LogP contribution in [-0.2, 0) is 4.79 Å². The van der Waals surface area contributed by atoms with Gasteiger partial charge >= 0.3 is 0 Å². The number of hydrogen-bond donors (Lipinski definition) is 1. The zero-order chi connectivity index (χ0) is 20.1. The van der Waals surface area contributed by atoms with Gasteiger partial charge in [0.2, 0.25) is 0 Å². The summed E-state index contributed by atoms with van der Waals surface area (Å²) in [6, 6.07) is 14.6. The van der Waals surface area contributed by atoms with Crippen LogP contribution in [0.5, 0.6) is 5.75 Å². The molecule has 1 heterocycles. The lowest BCUT2D eigenvalue weighted by Gasteiger charge is -2.33. The first-order valence-electron chi connectivity index (χ1n) is 9.51. The minimum absolute atomic E-state index is 0.0433. The summed E-state index contributed by atoms with van der Waals surface area (Å²) in [4.78, 5) is 26.8. The Kier molecular flexibility index (Phi) is 6.57. The van der Waals surface area contributed by atoms with E-state index in [1.54, 1.807) is 36.1 Å². The van der Waals surface area contributed by atoms with E-state index in [9.17, 15) is 9.59 Å². The van der Waals surface area contributed by atoms with Crippen LogP contribution in [0.2, 0.25) is 5.02 Å². The van der Waals surface area contributed by atoms with Crippen molar-refractivity contribution in [2.24, 2.45) is 0 Å². The van der Waals surface area contributed by atoms with Gasteiger partial charge in [-0.2, -0.15) is 0 Å². The van der Waals surface area contributed by atoms with E-state index in [0.717, 1.165) is 18.4 Å². The van der Waals surface area contributed by atoms with Crippen LogP contribution in [0.15, 0.2) is 48.5 Å². The van der Waals surface area contributed by atoms with E-state index >= 15 is 0 Å². The van der Waals surface area contributed by atoms with Crippen molar-refractivity contribution in [3.63, 3.8) is 0 Å². The molecule has 0 radical (unpaired) electrons. The Labute approximate surface area is 170 Å². The highest BCUT2D eigenvalue weighted by atomic mass is 35.5. The Balaban J connectivity index is 1.47. The SMILES string of the molecule is Cc1ccc(C(=O)NC2CCN(C(=O)C(C)Oc3ccc(Cl)cc3)CC2)cc1. The molecule has 148 valence electrons. The maximum Gasteiger partial charge on any atom is 0.263 e. The first kappa shape index (κ1) is 20.2. The van der Waals surface area contributed by atoms with Gasteiger partial charge in [0.15, 0.2) is 6.10 Å². The number of carbonyl (C=O) groups is 2. The number of nitrogens with zero attached hydrogens (tertiary/aromatic N) is 1. The Morgan fingerprint density at radius 2 is 1.68 bits per heavy atom. The highest BCUT2D eigenvalue weighted by Crippen LogP contribution is 2.19. The molecule has 1 aliphatic heterocycles. The van der Waals surface area contributed by atoms with E-state index in [4.69, 9.17) is 16.3 Å². The van der Waals surface area contributed by atoms with Gasteiger partial charge in [-0.3, -0.25) is 9.59 Å². The van der Waals surface area contributed by atoms with Gasteiger partial charge in [0.05, 0.1) is 0 Å². The molecule has 0 spiro atoms. The van der Waals surface area contributed by atoms with Crippen molar-refractivity contribution in [3.8, 4) is 5.75 Å². The third-order valence-electron chi connectivity index (χ3n) is 4.93. The summed E-state index contributed by atoms with van der Waals surface area (Å²) in [6.45, 7) is 4.95. The number of aryl methyl sites for hydroxylation is 1. The van der Waals surface area contributed by atoms with Crippen molar-refractivity contribution in [1.82, 2.24) is 10.2 Å². The molecule has 0 bridgehead atoms. The van der Waals surface area contributed by atoms with Crippen molar-refractivity contribution >= 4 is 23.4 Å². The van der Waals surface area contributed by atoms with Gasteiger partial charge in [-0.1, -0.05) is 29.3 Å². The number of benzene rings is 2. The van der Waals surface area contributed by atoms with Crippen LogP contribution < -0.4 is 10.1 Å². The van der Waals surface area contributed by atoms with E-state index in [-0.39, 0.29) is 17.9 Å². The number of amides is 2. The molecule has 1 saturated heterocycles. The van der Waals surface area contributed by atoms with E-state index < -0.39 is 6.10 Å². The minimum atomic E-state index is -0.570. The van der Waals surface area contributed by atoms with Crippen molar-refractivity contribution in [2.75, 3.05) is 13.1 Å². The quantitative estimate of drug-likeness (QED) is 0.829. The van der Waals surface area contributed by atoms with Gasteiger partial charge in [0, 0.05) is 29.7 Å². The Morgan fingerprint density at radius 3 is 2.29 bits per heavy atom. The largest absolute Gasteiger partial charge is 0.481 e. The number of carbonyl (C=O) groups excluding carboxylic acids is 2. The lowest BCUT2D eigenvalue weighted by Crippen LogP contribution is -2.49. The highest BCUT2D eigenvalue weighted by molar-refractivity contribution is 6.30. The normalized spacial score (nSPS) is 15.8. The van der Waals surface area contributed by atoms with Crippen LogP contribution in [0, 0.1) is 6.92 Å². The van der Waals surface area contributed by atoms with E-state index in [2.05, 4.69) is 5.32 Å². The molecule has 2 aromatic carbocycles. The Bertz CT molecular complexity index is 813. The van der Waals surface area contributed by atoms with E-state index in [1.807, 2.05) is 31.2 Å². The van der Waals surface area contributed by atoms with E-state index in [1.165, 1.54) is 0 Å². The van der Waals surface area contributed by atoms with Gasteiger partial charge in [0.1, 0.15) is 5.75 Å². The van der Waals surface area contributed by atoms with Crippen molar-refractivity contribution in [3.05, 3.63) is 64.7 Å². The van der Waals surface area contributed by atoms with Crippen LogP contribution >= 0.6 is 11.6 Å². The maximum atomic E-state index is 12.6. The monoisotopic (exact) mass is 400 g/mol. The van der Waals surface area contributed by atoms with Crippen LogP contribution in [0.3, 0.4) is 0 Å². The summed E-state index contributed by atoms with van der Waals surface area (Å²) >= 11 is 5.87. The van der Waals surface area contributed by atoms with Crippen LogP contribution in [-0.4, -0.2) is 41.9 Å². The topological polar surface area (TPSA) is 58.6 Å². The molecule has 1 atom stereocenters. The third-order valence-corrected chi connectivity index (χ3v) is 5.18. The predicted molar refractivity (Wildman–Crippen MR) is 110 cm³/mol. The number of ether oxygens (including phenoxy) is 1. The summed E-state index contributed by atoms with van der Waals surface area (Å²) in [7, 11) is 0. The van der Waals surface area contributed by atoms with Gasteiger partial charge in [-0.05, 0) is 63.1 Å². The summed E-state index contributed by atoms with van der Waals surface area (Å²) in [5, 5.41) is 3.69. The van der Waals surface area contributed by atoms with Gasteiger partial charge in [0.25, 0.3) is 11.8 Å². The minimum Gasteiger partial charge on any atom is -0.481 e. The average molecular weight is 401 g/mol. The van der Waals surface area contributed by atoms with E-state index in [0.29, 0.717) is 29.4 Å². The summed E-state index contributed by atoms with van der Waals surface area (Å²) in [6.07, 6.45) is 0.897. The fourth-order valence-electron chi connectivity index (χ4n) is 3.24. The van der Waals surface area contributed by atoms with Crippen LogP contribution in [0.4, 0.5) is 0 Å². The summed E-state index contributed by atoms with van der Waals surface area (Å²) in [5.41, 5.74) is 1.78.